The molecule has 1 fully saturated rings. The van der Waals surface area contributed by atoms with E-state index in [4.69, 9.17) is 35.3 Å². The number of nitrogens with zero attached hydrogens (tertiary/aromatic N) is 2. The van der Waals surface area contributed by atoms with E-state index < -0.39 is 0 Å². The highest BCUT2D eigenvalue weighted by molar-refractivity contribution is 6.33. The lowest BCUT2D eigenvalue weighted by atomic mass is 10.1. The van der Waals surface area contributed by atoms with Crippen molar-refractivity contribution in [2.75, 3.05) is 38.9 Å². The van der Waals surface area contributed by atoms with Gasteiger partial charge in [0.2, 0.25) is 11.6 Å². The third-order valence-electron chi connectivity index (χ3n) is 5.20. The fraction of sp³-hybridized carbons (Fsp3) is 0.348. The summed E-state index contributed by atoms with van der Waals surface area (Å²) in [7, 11) is 1.60. The fourth-order valence-corrected chi connectivity index (χ4v) is 3.66. The first-order chi connectivity index (χ1) is 16.6. The van der Waals surface area contributed by atoms with Gasteiger partial charge in [-0.1, -0.05) is 11.6 Å². The third kappa shape index (κ3) is 4.87. The summed E-state index contributed by atoms with van der Waals surface area (Å²) in [6.07, 6.45) is 3.40. The van der Waals surface area contributed by atoms with Crippen LogP contribution in [0.5, 0.6) is 28.9 Å². The molecule has 2 aromatic carbocycles. The van der Waals surface area contributed by atoms with E-state index in [-0.39, 0.29) is 18.0 Å². The zero-order valence-electron chi connectivity index (χ0n) is 18.4. The van der Waals surface area contributed by atoms with Crippen LogP contribution >= 0.6 is 11.6 Å². The van der Waals surface area contributed by atoms with E-state index >= 15 is 0 Å². The average Bonchev–Trinajstić information content (AvgIpc) is 3.65. The number of carbonyl (C=O) groups excluding carboxylic acids is 1. The summed E-state index contributed by atoms with van der Waals surface area (Å²) in [6, 6.07) is 6.69. The number of ether oxygens (including phenoxy) is 5. The summed E-state index contributed by atoms with van der Waals surface area (Å²) in [5, 5.41) is 6.49. The van der Waals surface area contributed by atoms with Gasteiger partial charge in [-0.3, -0.25) is 0 Å². The number of carbonyl (C=O) groups is 1. The Morgan fingerprint density at radius 1 is 1.15 bits per heavy atom. The molecule has 0 unspecified atom stereocenters. The van der Waals surface area contributed by atoms with Gasteiger partial charge in [-0.15, -0.1) is 0 Å². The van der Waals surface area contributed by atoms with Crippen LogP contribution in [0.25, 0.3) is 10.9 Å². The molecule has 2 heterocycles. The van der Waals surface area contributed by atoms with Crippen LogP contribution in [0.1, 0.15) is 12.8 Å². The largest absolute Gasteiger partial charge is 0.487 e. The minimum atomic E-state index is -0.285. The summed E-state index contributed by atoms with van der Waals surface area (Å²) >= 11 is 6.38. The Morgan fingerprint density at radius 3 is 2.74 bits per heavy atom. The van der Waals surface area contributed by atoms with Gasteiger partial charge < -0.3 is 34.3 Å². The van der Waals surface area contributed by atoms with Crippen molar-refractivity contribution in [3.8, 4) is 28.9 Å². The van der Waals surface area contributed by atoms with Gasteiger partial charge >= 0.3 is 6.03 Å². The van der Waals surface area contributed by atoms with E-state index in [0.29, 0.717) is 71.0 Å². The van der Waals surface area contributed by atoms with Crippen LogP contribution in [0, 0.1) is 0 Å². The third-order valence-corrected chi connectivity index (χ3v) is 5.52. The van der Waals surface area contributed by atoms with E-state index in [9.17, 15) is 4.79 Å². The molecular formula is C23H23ClN4O6. The Kier molecular flexibility index (Phi) is 6.41. The second kappa shape index (κ2) is 9.78. The maximum Gasteiger partial charge on any atom is 0.319 e. The van der Waals surface area contributed by atoms with Gasteiger partial charge in [-0.05, 0) is 25.0 Å². The highest BCUT2D eigenvalue weighted by Crippen LogP contribution is 2.48. The van der Waals surface area contributed by atoms with Crippen molar-refractivity contribution >= 4 is 34.2 Å². The van der Waals surface area contributed by atoms with Gasteiger partial charge in [-0.25, -0.2) is 14.8 Å². The van der Waals surface area contributed by atoms with Crippen molar-refractivity contribution in [2.24, 2.45) is 0 Å². The second-order valence-corrected chi connectivity index (χ2v) is 8.17. The highest BCUT2D eigenvalue weighted by Gasteiger charge is 2.26. The first-order valence-corrected chi connectivity index (χ1v) is 11.2. The molecule has 2 N–H and O–H groups in total. The lowest BCUT2D eigenvalue weighted by molar-refractivity contribution is 0.134. The van der Waals surface area contributed by atoms with Crippen LogP contribution in [0.15, 0.2) is 30.6 Å². The molecule has 178 valence electrons. The van der Waals surface area contributed by atoms with Crippen LogP contribution in [-0.4, -0.2) is 55.6 Å². The molecule has 1 aromatic heterocycles. The number of amides is 2. The highest BCUT2D eigenvalue weighted by atomic mass is 35.5. The van der Waals surface area contributed by atoms with Crippen molar-refractivity contribution in [1.82, 2.24) is 15.3 Å². The Morgan fingerprint density at radius 2 is 1.97 bits per heavy atom. The van der Waals surface area contributed by atoms with Crippen molar-refractivity contribution in [3.05, 3.63) is 35.6 Å². The molecule has 0 saturated heterocycles. The zero-order valence-corrected chi connectivity index (χ0v) is 19.2. The van der Waals surface area contributed by atoms with Crippen molar-refractivity contribution < 1.29 is 28.5 Å². The summed E-state index contributed by atoms with van der Waals surface area (Å²) in [6.45, 7) is 1.54. The normalized spacial score (nSPS) is 14.5. The number of fused-ring (bicyclic) bond motifs is 3. The van der Waals surface area contributed by atoms with Crippen LogP contribution in [0.4, 0.5) is 10.5 Å². The summed E-state index contributed by atoms with van der Waals surface area (Å²) in [5.41, 5.74) is 1.05. The van der Waals surface area contributed by atoms with Gasteiger partial charge in [0.1, 0.15) is 37.3 Å². The molecule has 0 atom stereocenters. The summed E-state index contributed by atoms with van der Waals surface area (Å²) < 4.78 is 28.7. The van der Waals surface area contributed by atoms with E-state index in [1.54, 1.807) is 31.4 Å². The van der Waals surface area contributed by atoms with Gasteiger partial charge in [-0.2, -0.15) is 0 Å². The molecule has 5 rings (SSSR count). The van der Waals surface area contributed by atoms with Crippen LogP contribution in [-0.2, 0) is 4.74 Å². The van der Waals surface area contributed by atoms with E-state index in [1.165, 1.54) is 6.33 Å². The monoisotopic (exact) mass is 486 g/mol. The zero-order chi connectivity index (χ0) is 23.5. The van der Waals surface area contributed by atoms with Crippen LogP contribution in [0.3, 0.4) is 0 Å². The molecule has 2 amide bonds. The first kappa shape index (κ1) is 22.3. The number of aromatic nitrogens is 2. The average molecular weight is 487 g/mol. The Bertz CT molecular complexity index is 1220. The van der Waals surface area contributed by atoms with Gasteiger partial charge in [0, 0.05) is 25.3 Å². The molecule has 0 radical (unpaired) electrons. The number of halogens is 1. The Hall–Kier alpha value is -3.50. The predicted octanol–water partition coefficient (Wildman–Crippen LogP) is 4.16. The van der Waals surface area contributed by atoms with E-state index in [1.807, 2.05) is 0 Å². The van der Waals surface area contributed by atoms with E-state index in [2.05, 4.69) is 20.6 Å². The number of methoxy groups -OCH3 is 1. The number of benzene rings is 2. The van der Waals surface area contributed by atoms with Crippen molar-refractivity contribution in [1.29, 1.82) is 0 Å². The topological polar surface area (TPSA) is 113 Å². The minimum Gasteiger partial charge on any atom is -0.487 e. The quantitative estimate of drug-likeness (QED) is 0.456. The van der Waals surface area contributed by atoms with Crippen molar-refractivity contribution in [3.63, 3.8) is 0 Å². The molecule has 1 aliphatic carbocycles. The Balaban J connectivity index is 1.42. The molecular weight excluding hydrogens is 464 g/mol. The molecule has 11 heteroatoms. The molecule has 0 spiro atoms. The standard InChI is InChI=1S/C23H23ClN4O6/c1-30-6-7-31-18-11-17-19(21-20(18)32-8-9-33-21)22(26-12-25-17)34-14-4-5-16(15(24)10-14)28-23(29)27-13-2-3-13/h4-5,10-13H,2-3,6-9H2,1H3,(H2,27,28,29). The lowest BCUT2D eigenvalue weighted by Gasteiger charge is -2.23. The number of nitrogens with one attached hydrogen (secondary N) is 2. The maximum atomic E-state index is 12.0. The Labute approximate surface area is 200 Å². The van der Waals surface area contributed by atoms with Gasteiger partial charge in [0.05, 0.1) is 22.8 Å². The van der Waals surface area contributed by atoms with Crippen LogP contribution in [0.2, 0.25) is 5.02 Å². The van der Waals surface area contributed by atoms with Gasteiger partial charge in [0.25, 0.3) is 0 Å². The lowest BCUT2D eigenvalue weighted by Crippen LogP contribution is -2.30. The molecule has 10 nitrogen and oxygen atoms in total. The summed E-state index contributed by atoms with van der Waals surface area (Å²) in [5.74, 6) is 2.14. The molecule has 0 bridgehead atoms. The second-order valence-electron chi connectivity index (χ2n) is 7.76. The number of hydrogen-bond donors (Lipinski definition) is 2. The molecule has 2 aliphatic rings. The number of anilines is 1. The van der Waals surface area contributed by atoms with Crippen LogP contribution < -0.4 is 29.6 Å². The molecule has 34 heavy (non-hydrogen) atoms. The SMILES string of the molecule is COCCOc1cc2ncnc(Oc3ccc(NC(=O)NC4CC4)c(Cl)c3)c2c2c1OCCO2. The maximum absolute atomic E-state index is 12.0. The molecule has 3 aromatic rings. The molecule has 1 saturated carbocycles. The number of urea groups is 1. The smallest absolute Gasteiger partial charge is 0.319 e. The summed E-state index contributed by atoms with van der Waals surface area (Å²) in [4.78, 5) is 20.7. The molecule has 1 aliphatic heterocycles. The van der Waals surface area contributed by atoms with E-state index in [0.717, 1.165) is 12.8 Å². The first-order valence-electron chi connectivity index (χ1n) is 10.9. The number of hydrogen-bond acceptors (Lipinski definition) is 8. The fourth-order valence-electron chi connectivity index (χ4n) is 3.45. The number of rotatable bonds is 8. The van der Waals surface area contributed by atoms with Gasteiger partial charge in [0.15, 0.2) is 11.5 Å². The van der Waals surface area contributed by atoms with Crippen molar-refractivity contribution in [2.45, 2.75) is 18.9 Å². The minimum absolute atomic E-state index is 0.246. The predicted molar refractivity (Wildman–Crippen MR) is 125 cm³/mol.